The smallest absolute Gasteiger partial charge is 0.262 e. The third kappa shape index (κ3) is 2.09. The highest BCUT2D eigenvalue weighted by Gasteiger charge is 2.17. The fourth-order valence-corrected chi connectivity index (χ4v) is 2.97. The van der Waals surface area contributed by atoms with Crippen LogP contribution >= 0.6 is 15.9 Å². The first-order chi connectivity index (χ1) is 9.93. The van der Waals surface area contributed by atoms with Crippen LogP contribution in [0.5, 0.6) is 0 Å². The number of hydrogen-bond acceptors (Lipinski definition) is 2. The topological polar surface area (TPSA) is 50.2 Å². The number of aromatic amines is 1. The Morgan fingerprint density at radius 3 is 2.76 bits per heavy atom. The minimum atomic E-state index is -0.391. The van der Waals surface area contributed by atoms with E-state index in [0.717, 1.165) is 11.3 Å². The summed E-state index contributed by atoms with van der Waals surface area (Å²) in [7, 11) is 0. The Kier molecular flexibility index (Phi) is 3.36. The van der Waals surface area contributed by atoms with Gasteiger partial charge >= 0.3 is 0 Å². The summed E-state index contributed by atoms with van der Waals surface area (Å²) < 4.78 is 15.5. The van der Waals surface area contributed by atoms with Crippen LogP contribution in [0.1, 0.15) is 37.9 Å². The lowest BCUT2D eigenvalue weighted by molar-refractivity contribution is 0.623. The van der Waals surface area contributed by atoms with Crippen molar-refractivity contribution in [2.45, 2.75) is 33.1 Å². The number of nitrogens with zero attached hydrogens (tertiary/aromatic N) is 2. The molecule has 0 bridgehead atoms. The molecule has 6 heteroatoms. The molecule has 4 nitrogen and oxygen atoms in total. The third-order valence-corrected chi connectivity index (χ3v) is 4.27. The Labute approximate surface area is 129 Å². The van der Waals surface area contributed by atoms with Crippen LogP contribution in [0.4, 0.5) is 4.39 Å². The molecule has 2 heterocycles. The van der Waals surface area contributed by atoms with Gasteiger partial charge in [-0.25, -0.2) is 13.8 Å². The molecule has 0 saturated carbocycles. The summed E-state index contributed by atoms with van der Waals surface area (Å²) >= 11 is 3.16. The summed E-state index contributed by atoms with van der Waals surface area (Å²) in [4.78, 5) is 20.3. The van der Waals surface area contributed by atoms with Crippen LogP contribution in [0.25, 0.3) is 16.8 Å². The second kappa shape index (κ2) is 4.94. The summed E-state index contributed by atoms with van der Waals surface area (Å²) in [5.41, 5.74) is 2.62. The Bertz CT molecular complexity index is 911. The predicted octanol–water partition coefficient (Wildman–Crippen LogP) is 3.76. The second-order valence-corrected chi connectivity index (χ2v) is 6.21. The van der Waals surface area contributed by atoms with E-state index in [4.69, 9.17) is 0 Å². The maximum atomic E-state index is 13.6. The first kappa shape index (κ1) is 14.3. The van der Waals surface area contributed by atoms with Gasteiger partial charge in [0, 0.05) is 17.3 Å². The summed E-state index contributed by atoms with van der Waals surface area (Å²) in [6, 6.07) is 2.93. The van der Waals surface area contributed by atoms with E-state index in [1.54, 1.807) is 6.07 Å². The van der Waals surface area contributed by atoms with Crippen LogP contribution < -0.4 is 5.56 Å². The molecule has 0 unspecified atom stereocenters. The maximum Gasteiger partial charge on any atom is 0.262 e. The molecule has 0 radical (unpaired) electrons. The van der Waals surface area contributed by atoms with Gasteiger partial charge in [0.2, 0.25) is 5.78 Å². The van der Waals surface area contributed by atoms with Crippen molar-refractivity contribution < 1.29 is 4.39 Å². The van der Waals surface area contributed by atoms with Crippen LogP contribution in [0, 0.1) is 5.82 Å². The summed E-state index contributed by atoms with van der Waals surface area (Å²) in [6.07, 6.45) is 0.640. The van der Waals surface area contributed by atoms with Gasteiger partial charge in [-0.05, 0) is 34.3 Å². The minimum Gasteiger partial charge on any atom is -0.328 e. The number of imidazole rings is 1. The monoisotopic (exact) mass is 351 g/mol. The number of aromatic nitrogens is 3. The quantitative estimate of drug-likeness (QED) is 0.763. The fourth-order valence-electron chi connectivity index (χ4n) is 2.64. The van der Waals surface area contributed by atoms with Gasteiger partial charge in [0.1, 0.15) is 5.82 Å². The fraction of sp³-hybridized carbons (Fsp3) is 0.333. The zero-order valence-corrected chi connectivity index (χ0v) is 13.6. The van der Waals surface area contributed by atoms with Crippen LogP contribution in [0.2, 0.25) is 0 Å². The van der Waals surface area contributed by atoms with Crippen LogP contribution in [0.3, 0.4) is 0 Å². The summed E-state index contributed by atoms with van der Waals surface area (Å²) in [6.45, 7) is 6.01. The molecule has 0 fully saturated rings. The standard InChI is InChI=1S/C15H15BrFN3O/c1-4-8-13(7(2)3)19-15-18-11-6-10(17)9(16)5-12(11)20(15)14(8)21/h5-7H,4H2,1-3H3,(H,18,19). The average Bonchev–Trinajstić information content (AvgIpc) is 2.76. The van der Waals surface area contributed by atoms with Gasteiger partial charge in [-0.2, -0.15) is 0 Å². The van der Waals surface area contributed by atoms with Crippen molar-refractivity contribution in [3.63, 3.8) is 0 Å². The molecule has 0 aliphatic carbocycles. The lowest BCUT2D eigenvalue weighted by Crippen LogP contribution is -2.22. The molecule has 1 aromatic carbocycles. The van der Waals surface area contributed by atoms with Gasteiger partial charge in [0.05, 0.1) is 15.5 Å². The van der Waals surface area contributed by atoms with E-state index >= 15 is 0 Å². The van der Waals surface area contributed by atoms with Crippen LogP contribution in [-0.2, 0) is 6.42 Å². The molecule has 0 spiro atoms. The Morgan fingerprint density at radius 2 is 2.14 bits per heavy atom. The van der Waals surface area contributed by atoms with Crippen LogP contribution in [0.15, 0.2) is 21.4 Å². The lowest BCUT2D eigenvalue weighted by Gasteiger charge is -2.11. The number of fused-ring (bicyclic) bond motifs is 3. The normalized spacial score (nSPS) is 11.9. The zero-order chi connectivity index (χ0) is 15.3. The molecule has 2 aromatic heterocycles. The van der Waals surface area contributed by atoms with E-state index in [0.29, 0.717) is 27.7 Å². The Morgan fingerprint density at radius 1 is 1.43 bits per heavy atom. The number of H-pyrrole nitrogens is 1. The van der Waals surface area contributed by atoms with Gasteiger partial charge in [0.15, 0.2) is 0 Å². The van der Waals surface area contributed by atoms with Gasteiger partial charge in [-0.3, -0.25) is 4.79 Å². The van der Waals surface area contributed by atoms with Gasteiger partial charge in [0.25, 0.3) is 5.56 Å². The Balaban J connectivity index is 2.52. The first-order valence-corrected chi connectivity index (χ1v) is 7.65. The van der Waals surface area contributed by atoms with E-state index in [9.17, 15) is 9.18 Å². The van der Waals surface area contributed by atoms with Crippen molar-refractivity contribution in [2.75, 3.05) is 0 Å². The van der Waals surface area contributed by atoms with Crippen molar-refractivity contribution in [3.8, 4) is 0 Å². The maximum absolute atomic E-state index is 13.6. The van der Waals surface area contributed by atoms with Crippen molar-refractivity contribution in [1.82, 2.24) is 14.4 Å². The zero-order valence-electron chi connectivity index (χ0n) is 12.0. The SMILES string of the molecule is CCc1c(C(C)C)[nH]c2nc3cc(F)c(Br)cc3n2c1=O. The molecule has 3 rings (SSSR count). The molecule has 0 saturated heterocycles. The highest BCUT2D eigenvalue weighted by atomic mass is 79.9. The van der Waals surface area contributed by atoms with Crippen molar-refractivity contribution in [1.29, 1.82) is 0 Å². The highest BCUT2D eigenvalue weighted by molar-refractivity contribution is 9.10. The number of hydrogen-bond donors (Lipinski definition) is 1. The minimum absolute atomic E-state index is 0.0871. The molecular weight excluding hydrogens is 337 g/mol. The van der Waals surface area contributed by atoms with Gasteiger partial charge < -0.3 is 4.98 Å². The molecule has 1 N–H and O–H groups in total. The second-order valence-electron chi connectivity index (χ2n) is 5.36. The van der Waals surface area contributed by atoms with Crippen molar-refractivity contribution >= 4 is 32.7 Å². The van der Waals surface area contributed by atoms with Gasteiger partial charge in [-0.1, -0.05) is 20.8 Å². The highest BCUT2D eigenvalue weighted by Crippen LogP contribution is 2.24. The third-order valence-electron chi connectivity index (χ3n) is 3.66. The summed E-state index contributed by atoms with van der Waals surface area (Å²) in [5.74, 6) is 0.257. The number of nitrogens with one attached hydrogen (secondary N) is 1. The predicted molar refractivity (Wildman–Crippen MR) is 84.4 cm³/mol. The van der Waals surface area contributed by atoms with Crippen LogP contribution in [-0.4, -0.2) is 14.4 Å². The van der Waals surface area contributed by atoms with E-state index in [1.165, 1.54) is 10.5 Å². The average molecular weight is 352 g/mol. The van der Waals surface area contributed by atoms with Gasteiger partial charge in [-0.15, -0.1) is 0 Å². The molecule has 3 aromatic rings. The lowest BCUT2D eigenvalue weighted by atomic mass is 10.0. The molecular formula is C15H15BrFN3O. The molecule has 0 amide bonds. The first-order valence-electron chi connectivity index (χ1n) is 6.86. The molecule has 21 heavy (non-hydrogen) atoms. The molecule has 110 valence electrons. The number of rotatable bonds is 2. The van der Waals surface area contributed by atoms with E-state index in [2.05, 4.69) is 25.9 Å². The molecule has 0 aliphatic heterocycles. The number of benzene rings is 1. The van der Waals surface area contributed by atoms with Crippen molar-refractivity contribution in [2.24, 2.45) is 0 Å². The largest absolute Gasteiger partial charge is 0.328 e. The van der Waals surface area contributed by atoms with E-state index in [-0.39, 0.29) is 11.5 Å². The van der Waals surface area contributed by atoms with E-state index in [1.807, 2.05) is 20.8 Å². The summed E-state index contributed by atoms with van der Waals surface area (Å²) in [5, 5.41) is 0. The number of halogens is 2. The molecule has 0 atom stereocenters. The Hall–Kier alpha value is -1.69. The van der Waals surface area contributed by atoms with E-state index < -0.39 is 5.82 Å². The van der Waals surface area contributed by atoms with Crippen molar-refractivity contribution in [3.05, 3.63) is 44.0 Å². The molecule has 0 aliphatic rings.